The average Bonchev–Trinajstić information content (AvgIpc) is 2.69. The molecule has 0 bridgehead atoms. The molecule has 2 aromatic rings. The molecule has 9 nitrogen and oxygen atoms in total. The third-order valence-electron chi connectivity index (χ3n) is 3.76. The largest absolute Gasteiger partial charge is 0.493 e. The Labute approximate surface area is 163 Å². The molecule has 0 unspecified atom stereocenters. The van der Waals surface area contributed by atoms with Crippen LogP contribution >= 0.6 is 0 Å². The summed E-state index contributed by atoms with van der Waals surface area (Å²) in [6.07, 6.45) is -1.40. The lowest BCUT2D eigenvalue weighted by atomic mass is 10.1. The lowest BCUT2D eigenvalue weighted by Crippen LogP contribution is -2.30. The highest BCUT2D eigenvalue weighted by molar-refractivity contribution is 5.99. The van der Waals surface area contributed by atoms with E-state index in [2.05, 4.69) is 5.32 Å². The average molecular weight is 410 g/mol. The molecule has 0 radical (unpaired) electrons. The van der Waals surface area contributed by atoms with Gasteiger partial charge in [0.15, 0.2) is 29.2 Å². The maximum atomic E-state index is 13.2. The number of amides is 1. The zero-order valence-electron chi connectivity index (χ0n) is 15.5. The molecular formula is C18H16F2N2O7. The zero-order valence-corrected chi connectivity index (χ0v) is 15.5. The summed E-state index contributed by atoms with van der Waals surface area (Å²) in [5, 5.41) is 13.5. The second-order valence-corrected chi connectivity index (χ2v) is 5.65. The molecule has 11 heteroatoms. The van der Waals surface area contributed by atoms with Gasteiger partial charge in [0, 0.05) is 17.8 Å². The van der Waals surface area contributed by atoms with E-state index in [1.54, 1.807) is 0 Å². The van der Waals surface area contributed by atoms with Crippen LogP contribution in [0.5, 0.6) is 11.5 Å². The molecule has 0 aromatic heterocycles. The van der Waals surface area contributed by atoms with Gasteiger partial charge in [-0.15, -0.1) is 0 Å². The van der Waals surface area contributed by atoms with E-state index in [-0.39, 0.29) is 17.2 Å². The van der Waals surface area contributed by atoms with E-state index in [1.807, 2.05) is 0 Å². The second-order valence-electron chi connectivity index (χ2n) is 5.65. The maximum Gasteiger partial charge on any atom is 0.346 e. The van der Waals surface area contributed by atoms with Crippen LogP contribution in [0, 0.1) is 21.7 Å². The van der Waals surface area contributed by atoms with Crippen molar-refractivity contribution in [2.24, 2.45) is 0 Å². The van der Waals surface area contributed by atoms with Crippen molar-refractivity contribution < 1.29 is 37.5 Å². The number of nitrogens with zero attached hydrogens (tertiary/aromatic N) is 1. The summed E-state index contributed by atoms with van der Waals surface area (Å²) in [4.78, 5) is 35.0. The Morgan fingerprint density at radius 3 is 2.24 bits per heavy atom. The number of anilines is 1. The number of hydrogen-bond donors (Lipinski definition) is 1. The van der Waals surface area contributed by atoms with Crippen LogP contribution in [-0.2, 0) is 9.53 Å². The fourth-order valence-corrected chi connectivity index (χ4v) is 2.28. The third kappa shape index (κ3) is 4.94. The molecule has 1 N–H and O–H groups in total. The first-order valence-corrected chi connectivity index (χ1v) is 8.05. The summed E-state index contributed by atoms with van der Waals surface area (Å²) in [6.45, 7) is 1.21. The van der Waals surface area contributed by atoms with Gasteiger partial charge in [0.1, 0.15) is 5.56 Å². The van der Waals surface area contributed by atoms with Gasteiger partial charge in [-0.05, 0) is 19.1 Å². The molecular weight excluding hydrogens is 394 g/mol. The van der Waals surface area contributed by atoms with Crippen molar-refractivity contribution in [2.45, 2.75) is 13.0 Å². The predicted molar refractivity (Wildman–Crippen MR) is 96.1 cm³/mol. The molecule has 0 aliphatic carbocycles. The molecule has 1 atom stereocenters. The van der Waals surface area contributed by atoms with Crippen molar-refractivity contribution in [3.8, 4) is 11.5 Å². The molecule has 154 valence electrons. The van der Waals surface area contributed by atoms with Crippen LogP contribution in [0.4, 0.5) is 20.2 Å². The van der Waals surface area contributed by atoms with Crippen molar-refractivity contribution in [2.75, 3.05) is 19.5 Å². The number of halogens is 2. The third-order valence-corrected chi connectivity index (χ3v) is 3.76. The minimum absolute atomic E-state index is 0.0277. The van der Waals surface area contributed by atoms with Gasteiger partial charge in [-0.1, -0.05) is 0 Å². The van der Waals surface area contributed by atoms with Crippen LogP contribution in [0.1, 0.15) is 17.3 Å². The van der Waals surface area contributed by atoms with Crippen LogP contribution in [0.3, 0.4) is 0 Å². The summed E-state index contributed by atoms with van der Waals surface area (Å²) in [5.41, 5.74) is -1.13. The zero-order chi connectivity index (χ0) is 21.7. The number of benzene rings is 2. The summed E-state index contributed by atoms with van der Waals surface area (Å²) < 4.78 is 41.1. The van der Waals surface area contributed by atoms with Gasteiger partial charge in [0.05, 0.1) is 25.2 Å². The smallest absolute Gasteiger partial charge is 0.346 e. The van der Waals surface area contributed by atoms with Gasteiger partial charge in [-0.2, -0.15) is 0 Å². The number of ether oxygens (including phenoxy) is 3. The van der Waals surface area contributed by atoms with Crippen LogP contribution in [0.25, 0.3) is 0 Å². The summed E-state index contributed by atoms with van der Waals surface area (Å²) >= 11 is 0. The van der Waals surface area contributed by atoms with E-state index < -0.39 is 45.8 Å². The molecule has 1 amide bonds. The maximum absolute atomic E-state index is 13.2. The van der Waals surface area contributed by atoms with Crippen molar-refractivity contribution in [1.82, 2.24) is 0 Å². The van der Waals surface area contributed by atoms with Crippen LogP contribution in [0.2, 0.25) is 0 Å². The van der Waals surface area contributed by atoms with Gasteiger partial charge in [0.25, 0.3) is 11.6 Å². The summed E-state index contributed by atoms with van der Waals surface area (Å²) in [5.74, 6) is -4.21. The molecule has 0 aliphatic heterocycles. The van der Waals surface area contributed by atoms with E-state index in [1.165, 1.54) is 21.1 Å². The van der Waals surface area contributed by atoms with Gasteiger partial charge in [0.2, 0.25) is 0 Å². The van der Waals surface area contributed by atoms with Crippen molar-refractivity contribution >= 4 is 23.3 Å². The Bertz CT molecular complexity index is 965. The number of nitro groups is 1. The van der Waals surface area contributed by atoms with Gasteiger partial charge < -0.3 is 19.5 Å². The normalized spacial score (nSPS) is 11.3. The van der Waals surface area contributed by atoms with Crippen LogP contribution in [-0.4, -0.2) is 37.1 Å². The Morgan fingerprint density at radius 1 is 1.07 bits per heavy atom. The Kier molecular flexibility index (Phi) is 6.65. The monoisotopic (exact) mass is 410 g/mol. The van der Waals surface area contributed by atoms with Crippen molar-refractivity contribution in [1.29, 1.82) is 0 Å². The van der Waals surface area contributed by atoms with E-state index in [9.17, 15) is 28.5 Å². The summed E-state index contributed by atoms with van der Waals surface area (Å²) in [6, 6.07) is 4.72. The predicted octanol–water partition coefficient (Wildman–Crippen LogP) is 3.07. The number of carbonyl (C=O) groups is 2. The quantitative estimate of drug-likeness (QED) is 0.423. The molecule has 2 rings (SSSR count). The highest BCUT2D eigenvalue weighted by Crippen LogP contribution is 2.35. The molecule has 0 heterocycles. The fourth-order valence-electron chi connectivity index (χ4n) is 2.28. The first-order valence-electron chi connectivity index (χ1n) is 8.05. The number of methoxy groups -OCH3 is 2. The Hall–Kier alpha value is -3.76. The standard InChI is InChI=1S/C18H16F2N2O7/c1-9(17(23)21-10-4-5-12(19)13(20)6-10)29-18(24)11-7-15(27-2)16(28-3)8-14(11)22(25)26/h4-9H,1-3H3,(H,21,23)/t9-/m1/s1. The van der Waals surface area contributed by atoms with E-state index in [0.29, 0.717) is 0 Å². The minimum atomic E-state index is -1.40. The highest BCUT2D eigenvalue weighted by Gasteiger charge is 2.28. The van der Waals surface area contributed by atoms with Crippen molar-refractivity contribution in [3.05, 3.63) is 57.6 Å². The summed E-state index contributed by atoms with van der Waals surface area (Å²) in [7, 11) is 2.54. The van der Waals surface area contributed by atoms with E-state index in [4.69, 9.17) is 14.2 Å². The number of carbonyl (C=O) groups excluding carboxylic acids is 2. The number of rotatable bonds is 7. The number of nitro benzene ring substituents is 1. The van der Waals surface area contributed by atoms with E-state index >= 15 is 0 Å². The molecule has 29 heavy (non-hydrogen) atoms. The highest BCUT2D eigenvalue weighted by atomic mass is 19.2. The number of nitrogens with one attached hydrogen (secondary N) is 1. The van der Waals surface area contributed by atoms with Crippen molar-refractivity contribution in [3.63, 3.8) is 0 Å². The second kappa shape index (κ2) is 8.95. The molecule has 0 aliphatic rings. The topological polar surface area (TPSA) is 117 Å². The Morgan fingerprint density at radius 2 is 1.69 bits per heavy atom. The molecule has 0 fully saturated rings. The van der Waals surface area contributed by atoms with E-state index in [0.717, 1.165) is 30.3 Å². The van der Waals surface area contributed by atoms with Gasteiger partial charge in [-0.3, -0.25) is 14.9 Å². The SMILES string of the molecule is COc1cc(C(=O)O[C@H](C)C(=O)Nc2ccc(F)c(F)c2)c([N+](=O)[O-])cc1OC. The van der Waals surface area contributed by atoms with Gasteiger partial charge >= 0.3 is 5.97 Å². The fraction of sp³-hybridized carbons (Fsp3) is 0.222. The van der Waals surface area contributed by atoms with Crippen LogP contribution < -0.4 is 14.8 Å². The first-order chi connectivity index (χ1) is 13.7. The first kappa shape index (κ1) is 21.5. The Balaban J connectivity index is 2.20. The molecule has 2 aromatic carbocycles. The molecule has 0 saturated carbocycles. The molecule has 0 saturated heterocycles. The lowest BCUT2D eigenvalue weighted by Gasteiger charge is -2.15. The lowest BCUT2D eigenvalue weighted by molar-refractivity contribution is -0.385. The van der Waals surface area contributed by atoms with Gasteiger partial charge in [-0.25, -0.2) is 13.6 Å². The minimum Gasteiger partial charge on any atom is -0.493 e. The molecule has 0 spiro atoms. The van der Waals surface area contributed by atoms with Crippen LogP contribution in [0.15, 0.2) is 30.3 Å². The number of esters is 1. The number of hydrogen-bond acceptors (Lipinski definition) is 7.